The van der Waals surface area contributed by atoms with Crippen LogP contribution in [0, 0.1) is 6.92 Å². The zero-order valence-electron chi connectivity index (χ0n) is 17.6. The molecule has 0 radical (unpaired) electrons. The number of nitrogens with zero attached hydrogens (tertiary/aromatic N) is 4. The van der Waals surface area contributed by atoms with Gasteiger partial charge in [0.2, 0.25) is 0 Å². The number of esters is 1. The second-order valence-electron chi connectivity index (χ2n) is 6.32. The molecule has 0 bridgehead atoms. The largest absolute Gasteiger partial charge is 0.493 e. The maximum atomic E-state index is 12.3. The van der Waals surface area contributed by atoms with Gasteiger partial charge in [0.15, 0.2) is 22.8 Å². The summed E-state index contributed by atoms with van der Waals surface area (Å²) in [6, 6.07) is 5.51. The molecule has 10 nitrogen and oxygen atoms in total. The highest BCUT2D eigenvalue weighted by atomic mass is 16.6. The van der Waals surface area contributed by atoms with Crippen molar-refractivity contribution < 1.29 is 28.5 Å². The highest BCUT2D eigenvalue weighted by molar-refractivity contribution is 5.89. The number of benzene rings is 1. The first-order valence-corrected chi connectivity index (χ1v) is 9.18. The van der Waals surface area contributed by atoms with Crippen molar-refractivity contribution in [1.29, 1.82) is 0 Å². The molecule has 10 heteroatoms. The summed E-state index contributed by atoms with van der Waals surface area (Å²) in [6.07, 6.45) is 0. The standard InChI is InChI=1S/C20H24N4O6/c1-12-18(20(25)30-9-8-26-2)21-22-19-17(14(11-27-3)23-24(12)19)13-6-7-15(28-4)16(10-13)29-5/h6-7,10H,8-9,11H2,1-5H3. The number of ether oxygens (including phenoxy) is 5. The van der Waals surface area contributed by atoms with Gasteiger partial charge in [-0.15, -0.1) is 10.2 Å². The molecule has 2 aromatic heterocycles. The van der Waals surface area contributed by atoms with Crippen LogP contribution in [0.1, 0.15) is 21.9 Å². The molecule has 3 aromatic rings. The number of aryl methyl sites for hydroxylation is 1. The fourth-order valence-corrected chi connectivity index (χ4v) is 3.05. The van der Waals surface area contributed by atoms with Gasteiger partial charge in [-0.3, -0.25) is 0 Å². The Hall–Kier alpha value is -3.24. The fourth-order valence-electron chi connectivity index (χ4n) is 3.05. The van der Waals surface area contributed by atoms with Gasteiger partial charge in [-0.2, -0.15) is 5.10 Å². The van der Waals surface area contributed by atoms with Crippen LogP contribution in [-0.2, 0) is 20.8 Å². The highest BCUT2D eigenvalue weighted by Crippen LogP contribution is 2.35. The molecule has 0 atom stereocenters. The van der Waals surface area contributed by atoms with E-state index in [2.05, 4.69) is 15.3 Å². The summed E-state index contributed by atoms with van der Waals surface area (Å²) in [4.78, 5) is 12.3. The smallest absolute Gasteiger partial charge is 0.360 e. The van der Waals surface area contributed by atoms with Crippen molar-refractivity contribution in [2.24, 2.45) is 0 Å². The van der Waals surface area contributed by atoms with Crippen LogP contribution < -0.4 is 9.47 Å². The van der Waals surface area contributed by atoms with Gasteiger partial charge < -0.3 is 23.7 Å². The quantitative estimate of drug-likeness (QED) is 0.383. The predicted octanol–water partition coefficient (Wildman–Crippen LogP) is 2.07. The zero-order valence-corrected chi connectivity index (χ0v) is 17.6. The molecule has 0 spiro atoms. The van der Waals surface area contributed by atoms with E-state index in [1.165, 1.54) is 7.11 Å². The SMILES string of the molecule is COCCOC(=O)c1nnc2c(-c3ccc(OC)c(OC)c3)c(COC)nn2c1C. The molecule has 2 heterocycles. The van der Waals surface area contributed by atoms with Crippen LogP contribution >= 0.6 is 0 Å². The van der Waals surface area contributed by atoms with E-state index in [1.54, 1.807) is 38.8 Å². The maximum absolute atomic E-state index is 12.3. The van der Waals surface area contributed by atoms with Crippen LogP contribution in [0.4, 0.5) is 0 Å². The molecule has 1 aromatic carbocycles. The van der Waals surface area contributed by atoms with Crippen molar-refractivity contribution in [3.05, 3.63) is 35.3 Å². The Morgan fingerprint density at radius 2 is 1.77 bits per heavy atom. The van der Waals surface area contributed by atoms with E-state index in [9.17, 15) is 4.79 Å². The first-order chi connectivity index (χ1) is 14.5. The Kier molecular flexibility index (Phi) is 6.80. The lowest BCUT2D eigenvalue weighted by atomic mass is 10.1. The molecule has 0 amide bonds. The topological polar surface area (TPSA) is 106 Å². The van der Waals surface area contributed by atoms with Gasteiger partial charge >= 0.3 is 5.97 Å². The van der Waals surface area contributed by atoms with Crippen LogP contribution in [0.3, 0.4) is 0 Å². The Morgan fingerprint density at radius 3 is 2.43 bits per heavy atom. The Labute approximate surface area is 173 Å². The second-order valence-corrected chi connectivity index (χ2v) is 6.32. The van der Waals surface area contributed by atoms with E-state index in [-0.39, 0.29) is 18.9 Å². The molecule has 0 aliphatic heterocycles. The van der Waals surface area contributed by atoms with Crippen molar-refractivity contribution in [3.63, 3.8) is 0 Å². The summed E-state index contributed by atoms with van der Waals surface area (Å²) in [6.45, 7) is 2.40. The first-order valence-electron chi connectivity index (χ1n) is 9.18. The second kappa shape index (κ2) is 9.51. The fraction of sp³-hybridized carbons (Fsp3) is 0.400. The molecular formula is C20H24N4O6. The molecule has 160 valence electrons. The molecule has 30 heavy (non-hydrogen) atoms. The molecule has 0 N–H and O–H groups in total. The van der Waals surface area contributed by atoms with Gasteiger partial charge in [0.1, 0.15) is 6.61 Å². The van der Waals surface area contributed by atoms with Gasteiger partial charge in [0.05, 0.1) is 44.4 Å². The minimum atomic E-state index is -0.588. The summed E-state index contributed by atoms with van der Waals surface area (Å²) < 4.78 is 27.7. The van der Waals surface area contributed by atoms with Gasteiger partial charge in [-0.1, -0.05) is 6.07 Å². The molecule has 0 fully saturated rings. The van der Waals surface area contributed by atoms with Gasteiger partial charge in [-0.25, -0.2) is 9.31 Å². The first kappa shape index (κ1) is 21.5. The Morgan fingerprint density at radius 1 is 1.00 bits per heavy atom. The normalized spacial score (nSPS) is 11.0. The van der Waals surface area contributed by atoms with Gasteiger partial charge in [0.25, 0.3) is 0 Å². The monoisotopic (exact) mass is 416 g/mol. The van der Waals surface area contributed by atoms with Gasteiger partial charge in [0, 0.05) is 14.2 Å². The summed E-state index contributed by atoms with van der Waals surface area (Å²) in [5.74, 6) is 0.588. The van der Waals surface area contributed by atoms with Crippen molar-refractivity contribution in [3.8, 4) is 22.6 Å². The van der Waals surface area contributed by atoms with E-state index in [0.717, 1.165) is 11.1 Å². The van der Waals surface area contributed by atoms with Crippen LogP contribution in [0.5, 0.6) is 11.5 Å². The minimum Gasteiger partial charge on any atom is -0.493 e. The lowest BCUT2D eigenvalue weighted by Crippen LogP contribution is -2.16. The number of aromatic nitrogens is 4. The van der Waals surface area contributed by atoms with Crippen LogP contribution in [0.2, 0.25) is 0 Å². The van der Waals surface area contributed by atoms with Crippen molar-refractivity contribution in [2.45, 2.75) is 13.5 Å². The molecule has 0 aliphatic carbocycles. The van der Waals surface area contributed by atoms with E-state index in [1.807, 2.05) is 12.1 Å². The maximum Gasteiger partial charge on any atom is 0.360 e. The van der Waals surface area contributed by atoms with Crippen LogP contribution in [0.25, 0.3) is 16.8 Å². The molecule has 3 rings (SSSR count). The third-order valence-corrected chi connectivity index (χ3v) is 4.51. The van der Waals surface area contributed by atoms with E-state index in [0.29, 0.717) is 35.1 Å². The molecular weight excluding hydrogens is 392 g/mol. The van der Waals surface area contributed by atoms with E-state index in [4.69, 9.17) is 23.7 Å². The van der Waals surface area contributed by atoms with E-state index >= 15 is 0 Å². The lowest BCUT2D eigenvalue weighted by Gasteiger charge is -2.10. The number of rotatable bonds is 9. The average Bonchev–Trinajstić information content (AvgIpc) is 3.12. The Balaban J connectivity index is 2.12. The number of carbonyl (C=O) groups excluding carboxylic acids is 1. The van der Waals surface area contributed by atoms with Crippen molar-refractivity contribution >= 4 is 11.6 Å². The molecule has 0 unspecified atom stereocenters. The molecule has 0 saturated carbocycles. The summed E-state index contributed by atoms with van der Waals surface area (Å²) in [5.41, 5.74) is 3.26. The van der Waals surface area contributed by atoms with Crippen LogP contribution in [-0.4, -0.2) is 67.4 Å². The third-order valence-electron chi connectivity index (χ3n) is 4.51. The number of hydrogen-bond donors (Lipinski definition) is 0. The summed E-state index contributed by atoms with van der Waals surface area (Å²) in [7, 11) is 6.26. The third kappa shape index (κ3) is 4.05. The molecule has 0 aliphatic rings. The summed E-state index contributed by atoms with van der Waals surface area (Å²) >= 11 is 0. The summed E-state index contributed by atoms with van der Waals surface area (Å²) in [5, 5.41) is 13.0. The number of fused-ring (bicyclic) bond motifs is 1. The minimum absolute atomic E-state index is 0.0870. The number of carbonyl (C=O) groups is 1. The van der Waals surface area contributed by atoms with Crippen LogP contribution in [0.15, 0.2) is 18.2 Å². The zero-order chi connectivity index (χ0) is 21.7. The average molecular weight is 416 g/mol. The van der Waals surface area contributed by atoms with E-state index < -0.39 is 5.97 Å². The number of methoxy groups -OCH3 is 4. The Bertz CT molecular complexity index is 1050. The predicted molar refractivity (Wildman–Crippen MR) is 107 cm³/mol. The number of hydrogen-bond acceptors (Lipinski definition) is 9. The lowest BCUT2D eigenvalue weighted by molar-refractivity contribution is 0.0378. The van der Waals surface area contributed by atoms with Crippen molar-refractivity contribution in [1.82, 2.24) is 19.8 Å². The highest BCUT2D eigenvalue weighted by Gasteiger charge is 2.23. The van der Waals surface area contributed by atoms with Gasteiger partial charge in [-0.05, 0) is 24.6 Å². The molecule has 0 saturated heterocycles. The van der Waals surface area contributed by atoms with Crippen molar-refractivity contribution in [2.75, 3.05) is 41.7 Å².